The summed E-state index contributed by atoms with van der Waals surface area (Å²) in [5.41, 5.74) is 7.09. The maximum atomic E-state index is 12.5. The first kappa shape index (κ1) is 14.7. The summed E-state index contributed by atoms with van der Waals surface area (Å²) in [7, 11) is 0. The van der Waals surface area contributed by atoms with E-state index in [1.165, 1.54) is 0 Å². The van der Waals surface area contributed by atoms with Gasteiger partial charge in [-0.25, -0.2) is 0 Å². The number of piperidine rings is 1. The second-order valence-electron chi connectivity index (χ2n) is 5.81. The third kappa shape index (κ3) is 3.01. The molecule has 3 heterocycles. The molecule has 0 saturated carbocycles. The third-order valence-corrected chi connectivity index (χ3v) is 4.25. The van der Waals surface area contributed by atoms with Crippen molar-refractivity contribution >= 4 is 5.91 Å². The molecule has 6 nitrogen and oxygen atoms in total. The Morgan fingerprint density at radius 3 is 2.86 bits per heavy atom. The number of carbonyl (C=O) groups is 1. The Morgan fingerprint density at radius 2 is 2.23 bits per heavy atom. The van der Waals surface area contributed by atoms with E-state index in [9.17, 15) is 4.79 Å². The number of carbonyl (C=O) groups excluding carboxylic acids is 1. The van der Waals surface area contributed by atoms with E-state index >= 15 is 0 Å². The van der Waals surface area contributed by atoms with Crippen LogP contribution in [0, 0.1) is 5.92 Å². The predicted molar refractivity (Wildman–Crippen MR) is 82.0 cm³/mol. The molecule has 1 atom stereocenters. The van der Waals surface area contributed by atoms with Crippen molar-refractivity contribution < 1.29 is 9.32 Å². The highest BCUT2D eigenvalue weighted by Crippen LogP contribution is 2.23. The first-order valence-electron chi connectivity index (χ1n) is 7.57. The molecule has 3 rings (SSSR count). The van der Waals surface area contributed by atoms with Gasteiger partial charge in [0.15, 0.2) is 11.5 Å². The molecule has 1 aliphatic rings. The van der Waals surface area contributed by atoms with Crippen molar-refractivity contribution in [3.8, 4) is 11.3 Å². The first-order valence-corrected chi connectivity index (χ1v) is 7.57. The Kier molecular flexibility index (Phi) is 4.20. The zero-order valence-corrected chi connectivity index (χ0v) is 12.6. The van der Waals surface area contributed by atoms with Gasteiger partial charge < -0.3 is 15.2 Å². The standard InChI is InChI=1S/C16H20N4O2/c1-11(17)12-4-7-20(8-5-12)16(21)14-9-15(22-19-14)13-3-2-6-18-10-13/h2-3,6,9-12H,4-5,7-8,17H2,1H3. The second-order valence-corrected chi connectivity index (χ2v) is 5.81. The topological polar surface area (TPSA) is 85.2 Å². The van der Waals surface area contributed by atoms with Crippen LogP contribution in [0.5, 0.6) is 0 Å². The minimum absolute atomic E-state index is 0.0815. The van der Waals surface area contributed by atoms with Gasteiger partial charge in [-0.15, -0.1) is 0 Å². The van der Waals surface area contributed by atoms with Gasteiger partial charge in [0.2, 0.25) is 0 Å². The quantitative estimate of drug-likeness (QED) is 0.936. The van der Waals surface area contributed by atoms with Gasteiger partial charge in [0.05, 0.1) is 0 Å². The summed E-state index contributed by atoms with van der Waals surface area (Å²) in [5.74, 6) is 0.969. The molecular weight excluding hydrogens is 280 g/mol. The Bertz CT molecular complexity index is 631. The highest BCUT2D eigenvalue weighted by Gasteiger charge is 2.27. The second kappa shape index (κ2) is 6.27. The van der Waals surface area contributed by atoms with Crippen LogP contribution in [0.3, 0.4) is 0 Å². The summed E-state index contributed by atoms with van der Waals surface area (Å²) in [6, 6.07) is 5.55. The molecule has 1 fully saturated rings. The molecule has 0 aromatic carbocycles. The molecule has 1 unspecified atom stereocenters. The van der Waals surface area contributed by atoms with Gasteiger partial charge in [-0.3, -0.25) is 9.78 Å². The zero-order valence-electron chi connectivity index (χ0n) is 12.6. The van der Waals surface area contributed by atoms with Crippen LogP contribution in [0.25, 0.3) is 11.3 Å². The summed E-state index contributed by atoms with van der Waals surface area (Å²) in [4.78, 5) is 18.3. The molecule has 22 heavy (non-hydrogen) atoms. The lowest BCUT2D eigenvalue weighted by molar-refractivity contribution is 0.0670. The third-order valence-electron chi connectivity index (χ3n) is 4.25. The van der Waals surface area contributed by atoms with Crippen molar-refractivity contribution in [1.29, 1.82) is 0 Å². The molecule has 0 spiro atoms. The summed E-state index contributed by atoms with van der Waals surface area (Å²) in [5, 5.41) is 3.90. The number of nitrogens with zero attached hydrogens (tertiary/aromatic N) is 3. The molecule has 6 heteroatoms. The van der Waals surface area contributed by atoms with E-state index in [1.807, 2.05) is 24.0 Å². The summed E-state index contributed by atoms with van der Waals surface area (Å²) < 4.78 is 5.26. The maximum Gasteiger partial charge on any atom is 0.276 e. The maximum absolute atomic E-state index is 12.5. The highest BCUT2D eigenvalue weighted by molar-refractivity contribution is 5.93. The molecule has 116 valence electrons. The largest absolute Gasteiger partial charge is 0.355 e. The Balaban J connectivity index is 1.68. The number of pyridine rings is 1. The van der Waals surface area contributed by atoms with Crippen molar-refractivity contribution in [2.24, 2.45) is 11.7 Å². The molecule has 2 aromatic rings. The lowest BCUT2D eigenvalue weighted by Gasteiger charge is -2.33. The average Bonchev–Trinajstić information content (AvgIpc) is 3.05. The van der Waals surface area contributed by atoms with Crippen LogP contribution in [0.15, 0.2) is 35.1 Å². The molecule has 0 radical (unpaired) electrons. The minimum Gasteiger partial charge on any atom is -0.355 e. The van der Waals surface area contributed by atoms with Gasteiger partial charge in [0.1, 0.15) is 0 Å². The van der Waals surface area contributed by atoms with Gasteiger partial charge in [0, 0.05) is 43.2 Å². The number of aromatic nitrogens is 2. The van der Waals surface area contributed by atoms with Crippen molar-refractivity contribution in [3.63, 3.8) is 0 Å². The summed E-state index contributed by atoms with van der Waals surface area (Å²) in [6.45, 7) is 3.47. The summed E-state index contributed by atoms with van der Waals surface area (Å²) >= 11 is 0. The number of amides is 1. The van der Waals surface area contributed by atoms with Crippen LogP contribution >= 0.6 is 0 Å². The number of likely N-dealkylation sites (tertiary alicyclic amines) is 1. The number of nitrogens with two attached hydrogens (primary N) is 1. The number of hydrogen-bond acceptors (Lipinski definition) is 5. The molecule has 2 N–H and O–H groups in total. The Hall–Kier alpha value is -2.21. The Labute approximate surface area is 129 Å². The molecular formula is C16H20N4O2. The fraction of sp³-hybridized carbons (Fsp3) is 0.438. The monoisotopic (exact) mass is 300 g/mol. The molecule has 1 amide bonds. The van der Waals surface area contributed by atoms with E-state index in [-0.39, 0.29) is 11.9 Å². The van der Waals surface area contributed by atoms with E-state index in [4.69, 9.17) is 10.3 Å². The van der Waals surface area contributed by atoms with Crippen LogP contribution in [0.1, 0.15) is 30.3 Å². The smallest absolute Gasteiger partial charge is 0.276 e. The van der Waals surface area contributed by atoms with Crippen LogP contribution in [0.4, 0.5) is 0 Å². The molecule has 0 aliphatic carbocycles. The van der Waals surface area contributed by atoms with Gasteiger partial charge in [-0.05, 0) is 37.8 Å². The molecule has 0 bridgehead atoms. The van der Waals surface area contributed by atoms with Gasteiger partial charge in [0.25, 0.3) is 5.91 Å². The minimum atomic E-state index is -0.0815. The van der Waals surface area contributed by atoms with Crippen molar-refractivity contribution in [2.45, 2.75) is 25.8 Å². The van der Waals surface area contributed by atoms with E-state index in [2.05, 4.69) is 10.1 Å². The van der Waals surface area contributed by atoms with Crippen molar-refractivity contribution in [1.82, 2.24) is 15.0 Å². The molecule has 2 aromatic heterocycles. The first-order chi connectivity index (χ1) is 10.6. The lowest BCUT2D eigenvalue weighted by atomic mass is 9.91. The van der Waals surface area contributed by atoms with Crippen LogP contribution in [0.2, 0.25) is 0 Å². The predicted octanol–water partition coefficient (Wildman–Crippen LogP) is 1.94. The molecule has 1 aliphatic heterocycles. The normalized spacial score (nSPS) is 17.5. The lowest BCUT2D eigenvalue weighted by Crippen LogP contribution is -2.42. The van der Waals surface area contributed by atoms with Crippen molar-refractivity contribution in [2.75, 3.05) is 13.1 Å². The SMILES string of the molecule is CC(N)C1CCN(C(=O)c2cc(-c3cccnc3)on2)CC1. The van der Waals surface area contributed by atoms with Crippen LogP contribution < -0.4 is 5.73 Å². The summed E-state index contributed by atoms with van der Waals surface area (Å²) in [6.07, 6.45) is 5.25. The Morgan fingerprint density at radius 1 is 1.45 bits per heavy atom. The van der Waals surface area contributed by atoms with Crippen LogP contribution in [-0.2, 0) is 0 Å². The van der Waals surface area contributed by atoms with E-state index < -0.39 is 0 Å². The number of rotatable bonds is 3. The average molecular weight is 300 g/mol. The van der Waals surface area contributed by atoms with Crippen molar-refractivity contribution in [3.05, 3.63) is 36.3 Å². The van der Waals surface area contributed by atoms with Gasteiger partial charge in [-0.1, -0.05) is 5.16 Å². The fourth-order valence-electron chi connectivity index (χ4n) is 2.81. The van der Waals surface area contributed by atoms with Crippen LogP contribution in [-0.4, -0.2) is 40.1 Å². The van der Waals surface area contributed by atoms with E-state index in [0.717, 1.165) is 31.5 Å². The van der Waals surface area contributed by atoms with E-state index in [1.54, 1.807) is 18.5 Å². The van der Waals surface area contributed by atoms with Gasteiger partial charge >= 0.3 is 0 Å². The highest BCUT2D eigenvalue weighted by atomic mass is 16.5. The fourth-order valence-corrected chi connectivity index (χ4v) is 2.81. The van der Waals surface area contributed by atoms with Gasteiger partial charge in [-0.2, -0.15) is 0 Å². The zero-order chi connectivity index (χ0) is 15.5. The van der Waals surface area contributed by atoms with E-state index in [0.29, 0.717) is 17.4 Å². The molecule has 1 saturated heterocycles. The number of hydrogen-bond donors (Lipinski definition) is 1.